The standard InChI is InChI=1S/C29H41NO6/c1-15(2)23(26(34)35-7)30-14-19-17(25(30)33)12-20(31)18-13-29(36-24(18)19)16(3)8-9-21-27(4,5)22(32)10-11-28(21,29)6/h12,15-16,21-23,31-32H,8-11,13-14H2,1-7H3/t16-,21+,22-,23+,28+,29-/m1/s1. The molecular formula is C29H41NO6. The molecule has 7 nitrogen and oxygen atoms in total. The minimum Gasteiger partial charge on any atom is -0.508 e. The minimum absolute atomic E-state index is 0.0861. The van der Waals surface area contributed by atoms with Crippen molar-refractivity contribution in [2.75, 3.05) is 7.11 Å². The molecule has 1 aromatic rings. The van der Waals surface area contributed by atoms with Gasteiger partial charge in [0.2, 0.25) is 0 Å². The Bertz CT molecular complexity index is 1110. The Morgan fingerprint density at radius 2 is 1.89 bits per heavy atom. The Morgan fingerprint density at radius 1 is 1.19 bits per heavy atom. The topological polar surface area (TPSA) is 96.3 Å². The van der Waals surface area contributed by atoms with E-state index in [2.05, 4.69) is 27.7 Å². The Kier molecular flexibility index (Phi) is 5.71. The number of methoxy groups -OCH3 is 1. The average Bonchev–Trinajstić information content (AvgIpc) is 3.36. The Balaban J connectivity index is 1.58. The van der Waals surface area contributed by atoms with Gasteiger partial charge in [-0.05, 0) is 54.9 Å². The summed E-state index contributed by atoms with van der Waals surface area (Å²) in [5.74, 6) is 0.381. The summed E-state index contributed by atoms with van der Waals surface area (Å²) in [6.45, 7) is 13.0. The molecule has 2 saturated carbocycles. The molecule has 5 rings (SSSR count). The van der Waals surface area contributed by atoms with Crippen LogP contribution in [0.3, 0.4) is 0 Å². The number of aliphatic hydroxyl groups is 1. The van der Waals surface area contributed by atoms with Gasteiger partial charge in [0.15, 0.2) is 0 Å². The smallest absolute Gasteiger partial charge is 0.328 e. The molecule has 0 radical (unpaired) electrons. The van der Waals surface area contributed by atoms with Crippen LogP contribution < -0.4 is 4.74 Å². The van der Waals surface area contributed by atoms with Gasteiger partial charge in [-0.2, -0.15) is 0 Å². The van der Waals surface area contributed by atoms with E-state index in [0.717, 1.165) is 36.8 Å². The molecule has 2 aliphatic heterocycles. The van der Waals surface area contributed by atoms with Crippen molar-refractivity contribution in [3.63, 3.8) is 0 Å². The number of amides is 1. The van der Waals surface area contributed by atoms with Crippen molar-refractivity contribution in [1.82, 2.24) is 4.90 Å². The molecule has 1 aromatic carbocycles. The van der Waals surface area contributed by atoms with Crippen LogP contribution >= 0.6 is 0 Å². The van der Waals surface area contributed by atoms with Crippen molar-refractivity contribution < 1.29 is 29.3 Å². The highest BCUT2D eigenvalue weighted by molar-refractivity contribution is 6.02. The number of rotatable bonds is 3. The van der Waals surface area contributed by atoms with E-state index >= 15 is 0 Å². The van der Waals surface area contributed by atoms with E-state index in [1.165, 1.54) is 7.11 Å². The third-order valence-corrected chi connectivity index (χ3v) is 10.5. The maximum atomic E-state index is 13.5. The first-order valence-electron chi connectivity index (χ1n) is 13.4. The first-order chi connectivity index (χ1) is 16.8. The van der Waals surface area contributed by atoms with Gasteiger partial charge in [-0.1, -0.05) is 41.5 Å². The number of carbonyl (C=O) groups excluding carboxylic acids is 2. The molecule has 2 heterocycles. The van der Waals surface area contributed by atoms with Crippen LogP contribution in [0.2, 0.25) is 0 Å². The Morgan fingerprint density at radius 3 is 2.53 bits per heavy atom. The molecule has 0 saturated heterocycles. The van der Waals surface area contributed by atoms with E-state index in [9.17, 15) is 19.8 Å². The molecule has 2 fully saturated rings. The lowest BCUT2D eigenvalue weighted by atomic mass is 9.43. The Hall–Kier alpha value is -2.28. The molecule has 0 unspecified atom stereocenters. The van der Waals surface area contributed by atoms with Crippen molar-refractivity contribution in [3.05, 3.63) is 22.8 Å². The van der Waals surface area contributed by atoms with Gasteiger partial charge in [0.25, 0.3) is 5.91 Å². The number of esters is 1. The molecule has 2 N–H and O–H groups in total. The number of aromatic hydroxyl groups is 1. The van der Waals surface area contributed by atoms with Gasteiger partial charge < -0.3 is 24.6 Å². The summed E-state index contributed by atoms with van der Waals surface area (Å²) >= 11 is 0. The van der Waals surface area contributed by atoms with Crippen molar-refractivity contribution >= 4 is 11.9 Å². The largest absolute Gasteiger partial charge is 0.508 e. The molecule has 198 valence electrons. The predicted octanol–water partition coefficient (Wildman–Crippen LogP) is 4.45. The highest BCUT2D eigenvalue weighted by atomic mass is 16.5. The summed E-state index contributed by atoms with van der Waals surface area (Å²) in [6, 6.07) is 0.856. The van der Waals surface area contributed by atoms with Crippen LogP contribution in [-0.4, -0.2) is 51.8 Å². The maximum absolute atomic E-state index is 13.5. The van der Waals surface area contributed by atoms with Crippen LogP contribution in [0.4, 0.5) is 0 Å². The second-order valence-electron chi connectivity index (χ2n) is 12.9. The zero-order valence-electron chi connectivity index (χ0n) is 22.7. The van der Waals surface area contributed by atoms with Gasteiger partial charge in [-0.3, -0.25) is 4.79 Å². The fourth-order valence-corrected chi connectivity index (χ4v) is 8.40. The second-order valence-corrected chi connectivity index (χ2v) is 12.9. The quantitative estimate of drug-likeness (QED) is 0.597. The molecule has 2 aliphatic carbocycles. The van der Waals surface area contributed by atoms with Gasteiger partial charge in [0, 0.05) is 23.0 Å². The van der Waals surface area contributed by atoms with E-state index < -0.39 is 17.6 Å². The molecule has 6 atom stereocenters. The number of ether oxygens (including phenoxy) is 2. The van der Waals surface area contributed by atoms with Crippen molar-refractivity contribution in [2.24, 2.45) is 28.6 Å². The van der Waals surface area contributed by atoms with Crippen LogP contribution in [-0.2, 0) is 22.5 Å². The summed E-state index contributed by atoms with van der Waals surface area (Å²) in [5, 5.41) is 22.0. The SMILES string of the molecule is COC(=O)[C@H](C(C)C)N1Cc2c(cc(O)c3c2O[C@]2(C3)[C@H](C)CC[C@H]3C(C)(C)[C@H](O)CC[C@@]32C)C1=O. The number of phenols is 1. The van der Waals surface area contributed by atoms with Crippen molar-refractivity contribution in [2.45, 2.75) is 97.9 Å². The molecule has 0 bridgehead atoms. The van der Waals surface area contributed by atoms with Crippen LogP contribution in [0.25, 0.3) is 0 Å². The fraction of sp³-hybridized carbons (Fsp3) is 0.724. The zero-order valence-corrected chi connectivity index (χ0v) is 22.7. The third-order valence-electron chi connectivity index (χ3n) is 10.5. The van der Waals surface area contributed by atoms with Crippen LogP contribution in [0.1, 0.15) is 88.7 Å². The third kappa shape index (κ3) is 3.13. The number of hydrogen-bond acceptors (Lipinski definition) is 6. The fourth-order valence-electron chi connectivity index (χ4n) is 8.40. The van der Waals surface area contributed by atoms with Gasteiger partial charge in [-0.15, -0.1) is 0 Å². The highest BCUT2D eigenvalue weighted by Crippen LogP contribution is 2.67. The van der Waals surface area contributed by atoms with E-state index in [1.807, 2.05) is 13.8 Å². The maximum Gasteiger partial charge on any atom is 0.328 e. The van der Waals surface area contributed by atoms with Gasteiger partial charge in [0.1, 0.15) is 23.1 Å². The summed E-state index contributed by atoms with van der Waals surface area (Å²) in [5.41, 5.74) is 0.967. The molecule has 1 spiro atoms. The summed E-state index contributed by atoms with van der Waals surface area (Å²) in [4.78, 5) is 27.6. The van der Waals surface area contributed by atoms with E-state index in [1.54, 1.807) is 11.0 Å². The predicted molar refractivity (Wildman–Crippen MR) is 135 cm³/mol. The number of carbonyl (C=O) groups is 2. The van der Waals surface area contributed by atoms with E-state index in [-0.39, 0.29) is 52.9 Å². The highest BCUT2D eigenvalue weighted by Gasteiger charge is 2.67. The first kappa shape index (κ1) is 25.4. The first-order valence-corrected chi connectivity index (χ1v) is 13.4. The van der Waals surface area contributed by atoms with Crippen molar-refractivity contribution in [1.29, 1.82) is 0 Å². The average molecular weight is 500 g/mol. The lowest BCUT2D eigenvalue weighted by Gasteiger charge is -2.64. The molecular weight excluding hydrogens is 458 g/mol. The normalized spacial score (nSPS) is 35.3. The lowest BCUT2D eigenvalue weighted by molar-refractivity contribution is -0.210. The van der Waals surface area contributed by atoms with Gasteiger partial charge >= 0.3 is 5.97 Å². The van der Waals surface area contributed by atoms with Crippen LogP contribution in [0, 0.1) is 28.6 Å². The van der Waals surface area contributed by atoms with Crippen LogP contribution in [0.5, 0.6) is 11.5 Å². The Labute approximate surface area is 214 Å². The number of benzene rings is 1. The number of phenolic OH excluding ortho intramolecular Hbond substituents is 1. The van der Waals surface area contributed by atoms with Gasteiger partial charge in [-0.25, -0.2) is 4.79 Å². The number of fused-ring (bicyclic) bond motifs is 5. The van der Waals surface area contributed by atoms with Crippen molar-refractivity contribution in [3.8, 4) is 11.5 Å². The van der Waals surface area contributed by atoms with Crippen LogP contribution in [0.15, 0.2) is 6.07 Å². The lowest BCUT2D eigenvalue weighted by Crippen LogP contribution is -2.66. The molecule has 7 heteroatoms. The summed E-state index contributed by atoms with van der Waals surface area (Å²) in [6.07, 6.45) is 3.83. The second kappa shape index (κ2) is 8.11. The zero-order chi connectivity index (χ0) is 26.4. The molecule has 1 amide bonds. The van der Waals surface area contributed by atoms with Gasteiger partial charge in [0.05, 0.1) is 25.3 Å². The molecule has 0 aromatic heterocycles. The van der Waals surface area contributed by atoms with E-state index in [0.29, 0.717) is 17.7 Å². The minimum atomic E-state index is -0.709. The number of aliphatic hydroxyl groups excluding tert-OH is 1. The summed E-state index contributed by atoms with van der Waals surface area (Å²) < 4.78 is 12.1. The van der Waals surface area contributed by atoms with E-state index in [4.69, 9.17) is 9.47 Å². The number of hydrogen-bond donors (Lipinski definition) is 2. The molecule has 36 heavy (non-hydrogen) atoms. The molecule has 4 aliphatic rings. The number of nitrogens with zero attached hydrogens (tertiary/aromatic N) is 1. The monoisotopic (exact) mass is 499 g/mol. The summed E-state index contributed by atoms with van der Waals surface area (Å²) in [7, 11) is 1.34.